The number of halogens is 1. The van der Waals surface area contributed by atoms with Crippen LogP contribution in [0.3, 0.4) is 0 Å². The van der Waals surface area contributed by atoms with Crippen LogP contribution in [0.4, 0.5) is 0 Å². The lowest BCUT2D eigenvalue weighted by molar-refractivity contribution is 0.112. The molecule has 0 aliphatic heterocycles. The van der Waals surface area contributed by atoms with Crippen molar-refractivity contribution in [3.63, 3.8) is 0 Å². The lowest BCUT2D eigenvalue weighted by Gasteiger charge is -2.19. The molecule has 106 valence electrons. The first kappa shape index (κ1) is 16.2. The maximum absolute atomic E-state index is 11.9. The Morgan fingerprint density at radius 3 is 2.47 bits per heavy atom. The molecule has 4 nitrogen and oxygen atoms in total. The van der Waals surface area contributed by atoms with Crippen molar-refractivity contribution in [2.24, 2.45) is 0 Å². The summed E-state index contributed by atoms with van der Waals surface area (Å²) in [6.45, 7) is 5.05. The van der Waals surface area contributed by atoms with Crippen molar-refractivity contribution in [3.05, 3.63) is 28.2 Å². The van der Waals surface area contributed by atoms with Gasteiger partial charge in [0, 0.05) is 10.0 Å². The first-order chi connectivity index (χ1) is 8.67. The van der Waals surface area contributed by atoms with E-state index in [0.29, 0.717) is 22.1 Å². The fourth-order valence-electron chi connectivity index (χ4n) is 1.28. The van der Waals surface area contributed by atoms with Crippen LogP contribution in [-0.4, -0.2) is 31.8 Å². The minimum absolute atomic E-state index is 0.0526. The van der Waals surface area contributed by atoms with Crippen LogP contribution in [0.5, 0.6) is 5.75 Å². The van der Waals surface area contributed by atoms with Crippen LogP contribution in [0.2, 0.25) is 0 Å². The molecule has 0 aromatic heterocycles. The van der Waals surface area contributed by atoms with Gasteiger partial charge < -0.3 is 4.74 Å². The molecule has 1 aromatic carbocycles. The highest BCUT2D eigenvalue weighted by Gasteiger charge is 2.28. The minimum atomic E-state index is -3.20. The van der Waals surface area contributed by atoms with E-state index in [1.165, 1.54) is 0 Å². The minimum Gasteiger partial charge on any atom is -0.493 e. The third kappa shape index (κ3) is 4.31. The number of ether oxygens (including phenoxy) is 1. The first-order valence-electron chi connectivity index (χ1n) is 5.77. The van der Waals surface area contributed by atoms with Gasteiger partial charge in [0.05, 0.1) is 10.5 Å². The van der Waals surface area contributed by atoms with Crippen LogP contribution in [0.1, 0.15) is 31.1 Å². The number of rotatable bonds is 5. The van der Waals surface area contributed by atoms with E-state index in [2.05, 4.69) is 15.9 Å². The Labute approximate surface area is 122 Å². The van der Waals surface area contributed by atoms with Gasteiger partial charge in [-0.05, 0) is 39.0 Å². The van der Waals surface area contributed by atoms with Crippen molar-refractivity contribution >= 4 is 32.1 Å². The van der Waals surface area contributed by atoms with E-state index in [4.69, 9.17) is 4.74 Å². The zero-order valence-electron chi connectivity index (χ0n) is 11.1. The molecule has 0 radical (unpaired) electrons. The molecule has 0 unspecified atom stereocenters. The average molecular weight is 349 g/mol. The van der Waals surface area contributed by atoms with Crippen molar-refractivity contribution in [2.75, 3.05) is 12.4 Å². The number of carbonyl (C=O) groups is 1. The molecule has 0 saturated heterocycles. The lowest BCUT2D eigenvalue weighted by atomic mass is 10.2. The summed E-state index contributed by atoms with van der Waals surface area (Å²) in [6.07, 6.45) is 0.711. The number of benzene rings is 1. The molecule has 0 fully saturated rings. The smallest absolute Gasteiger partial charge is 0.158 e. The summed E-state index contributed by atoms with van der Waals surface area (Å²) in [5.74, 6) is 0.428. The molecular formula is C13H17BrO4S. The predicted octanol–water partition coefficient (Wildman–Crippen LogP) is 2.85. The van der Waals surface area contributed by atoms with E-state index in [9.17, 15) is 13.2 Å². The Morgan fingerprint density at radius 1 is 1.32 bits per heavy atom. The van der Waals surface area contributed by atoms with Gasteiger partial charge in [0.15, 0.2) is 16.1 Å². The summed E-state index contributed by atoms with van der Waals surface area (Å²) in [7, 11) is -3.20. The van der Waals surface area contributed by atoms with Crippen molar-refractivity contribution in [3.8, 4) is 5.75 Å². The summed E-state index contributed by atoms with van der Waals surface area (Å²) in [5.41, 5.74) is 0.469. The second-order valence-corrected chi connectivity index (χ2v) is 8.80. The van der Waals surface area contributed by atoms with Gasteiger partial charge in [-0.1, -0.05) is 15.9 Å². The van der Waals surface area contributed by atoms with E-state index in [1.807, 2.05) is 0 Å². The highest BCUT2D eigenvalue weighted by molar-refractivity contribution is 9.10. The summed E-state index contributed by atoms with van der Waals surface area (Å²) < 4.78 is 29.0. The predicted molar refractivity (Wildman–Crippen MR) is 78.6 cm³/mol. The fourth-order valence-corrected chi connectivity index (χ4v) is 2.53. The lowest BCUT2D eigenvalue weighted by Crippen LogP contribution is -2.32. The van der Waals surface area contributed by atoms with Gasteiger partial charge in [-0.2, -0.15) is 0 Å². The quantitative estimate of drug-likeness (QED) is 0.767. The molecule has 19 heavy (non-hydrogen) atoms. The molecule has 0 atom stereocenters. The molecule has 0 N–H and O–H groups in total. The molecular weight excluding hydrogens is 332 g/mol. The number of hydrogen-bond donors (Lipinski definition) is 0. The summed E-state index contributed by atoms with van der Waals surface area (Å²) >= 11 is 3.23. The van der Waals surface area contributed by atoms with Crippen LogP contribution in [0, 0.1) is 0 Å². The molecule has 0 heterocycles. The largest absolute Gasteiger partial charge is 0.493 e. The average Bonchev–Trinajstić information content (AvgIpc) is 2.29. The second-order valence-electron chi connectivity index (χ2n) is 5.08. The zero-order valence-corrected chi connectivity index (χ0v) is 13.5. The summed E-state index contributed by atoms with van der Waals surface area (Å²) in [5, 5.41) is 0. The second kappa shape index (κ2) is 6.05. The molecule has 1 rings (SSSR count). The third-order valence-corrected chi connectivity index (χ3v) is 5.94. The molecule has 0 amide bonds. The van der Waals surface area contributed by atoms with E-state index in [1.54, 1.807) is 39.0 Å². The Kier molecular flexibility index (Phi) is 5.15. The third-order valence-electron chi connectivity index (χ3n) is 2.65. The monoisotopic (exact) mass is 348 g/mol. The molecule has 0 aliphatic carbocycles. The topological polar surface area (TPSA) is 60.4 Å². The fraction of sp³-hybridized carbons (Fsp3) is 0.462. The van der Waals surface area contributed by atoms with Crippen molar-refractivity contribution in [1.29, 1.82) is 0 Å². The maximum Gasteiger partial charge on any atom is 0.158 e. The van der Waals surface area contributed by atoms with Crippen molar-refractivity contribution in [2.45, 2.75) is 25.5 Å². The van der Waals surface area contributed by atoms with Gasteiger partial charge in [-0.3, -0.25) is 4.79 Å². The Morgan fingerprint density at radius 2 is 1.95 bits per heavy atom. The van der Waals surface area contributed by atoms with Gasteiger partial charge in [-0.25, -0.2) is 8.42 Å². The molecule has 1 aromatic rings. The van der Waals surface area contributed by atoms with Gasteiger partial charge in [0.25, 0.3) is 0 Å². The Bertz CT molecular complexity index is 558. The first-order valence-corrected chi connectivity index (χ1v) is 8.22. The standard InChI is InChI=1S/C13H17BrO4S/c1-13(2,3)19(16,17)7-6-18-11-4-5-12(14)10(8-11)9-15/h4-5,8-9H,6-7H2,1-3H3. The van der Waals surface area contributed by atoms with Crippen LogP contribution < -0.4 is 4.74 Å². The Balaban J connectivity index is 2.67. The number of carbonyl (C=O) groups excluding carboxylic acids is 1. The van der Waals surface area contributed by atoms with E-state index >= 15 is 0 Å². The number of aldehydes is 1. The maximum atomic E-state index is 11.9. The van der Waals surface area contributed by atoms with E-state index in [-0.39, 0.29) is 12.4 Å². The molecule has 0 aliphatic rings. The SMILES string of the molecule is CC(C)(C)S(=O)(=O)CCOc1ccc(Br)c(C=O)c1. The summed E-state index contributed by atoms with van der Waals surface area (Å²) in [4.78, 5) is 10.8. The Hall–Kier alpha value is -0.880. The zero-order chi connectivity index (χ0) is 14.7. The molecule has 0 spiro atoms. The van der Waals surface area contributed by atoms with Crippen LogP contribution in [0.25, 0.3) is 0 Å². The number of sulfone groups is 1. The molecule has 0 saturated carbocycles. The van der Waals surface area contributed by atoms with Crippen molar-refractivity contribution in [1.82, 2.24) is 0 Å². The normalized spacial score (nSPS) is 12.2. The van der Waals surface area contributed by atoms with Gasteiger partial charge in [0.2, 0.25) is 0 Å². The van der Waals surface area contributed by atoms with Crippen LogP contribution in [0.15, 0.2) is 22.7 Å². The summed E-state index contributed by atoms with van der Waals surface area (Å²) in [6, 6.07) is 4.94. The highest BCUT2D eigenvalue weighted by atomic mass is 79.9. The van der Waals surface area contributed by atoms with Crippen molar-refractivity contribution < 1.29 is 17.9 Å². The van der Waals surface area contributed by atoms with E-state index in [0.717, 1.165) is 0 Å². The number of hydrogen-bond acceptors (Lipinski definition) is 4. The van der Waals surface area contributed by atoms with Crippen LogP contribution in [-0.2, 0) is 9.84 Å². The molecule has 0 bridgehead atoms. The molecule has 6 heteroatoms. The van der Waals surface area contributed by atoms with Gasteiger partial charge in [0.1, 0.15) is 12.4 Å². The highest BCUT2D eigenvalue weighted by Crippen LogP contribution is 2.21. The van der Waals surface area contributed by atoms with Gasteiger partial charge >= 0.3 is 0 Å². The van der Waals surface area contributed by atoms with Gasteiger partial charge in [-0.15, -0.1) is 0 Å². The van der Waals surface area contributed by atoms with Crippen LogP contribution >= 0.6 is 15.9 Å². The van der Waals surface area contributed by atoms with E-state index < -0.39 is 14.6 Å².